The zero-order valence-corrected chi connectivity index (χ0v) is 17.4. The van der Waals surface area contributed by atoms with Crippen molar-refractivity contribution >= 4 is 64.4 Å². The summed E-state index contributed by atoms with van der Waals surface area (Å²) in [6, 6.07) is 18.6. The highest BCUT2D eigenvalue weighted by molar-refractivity contribution is 9.10. The van der Waals surface area contributed by atoms with Crippen LogP contribution in [0.5, 0.6) is 0 Å². The van der Waals surface area contributed by atoms with Crippen molar-refractivity contribution in [2.45, 2.75) is 0 Å². The van der Waals surface area contributed by atoms with Crippen molar-refractivity contribution in [1.29, 1.82) is 5.26 Å². The van der Waals surface area contributed by atoms with Gasteiger partial charge in [-0.1, -0.05) is 50.1 Å². The number of nitrogens with zero attached hydrogens (tertiary/aromatic N) is 2. The Bertz CT molecular complexity index is 1390. The van der Waals surface area contributed by atoms with Crippen LogP contribution in [0.2, 0.25) is 0 Å². The molecule has 1 heterocycles. The van der Waals surface area contributed by atoms with Gasteiger partial charge in [-0.15, -0.1) is 0 Å². The first kappa shape index (κ1) is 17.4. The molecule has 6 heteroatoms. The summed E-state index contributed by atoms with van der Waals surface area (Å²) in [6.07, 6.45) is 0. The van der Waals surface area contributed by atoms with E-state index in [9.17, 15) is 9.65 Å². The number of nitriles is 1. The standard InChI is InChI=1S/C22H10Br2FN3/c23-12-4-6-14-16(8-12)17-9-13(24)5-7-15(17)21-20(14)27-22(28-21)19-11(10-26)2-1-3-18(19)25/h1-9H,(H,27,28). The molecular formula is C22H10Br2FN3. The van der Waals surface area contributed by atoms with Crippen LogP contribution in [-0.4, -0.2) is 9.97 Å². The van der Waals surface area contributed by atoms with Gasteiger partial charge in [-0.05, 0) is 47.2 Å². The maximum absolute atomic E-state index is 14.6. The quantitative estimate of drug-likeness (QED) is 0.253. The molecule has 0 bridgehead atoms. The van der Waals surface area contributed by atoms with Crippen molar-refractivity contribution in [3.05, 3.63) is 74.9 Å². The van der Waals surface area contributed by atoms with E-state index in [1.165, 1.54) is 12.1 Å². The molecule has 0 saturated carbocycles. The number of halogens is 3. The first-order chi connectivity index (χ1) is 13.6. The number of nitrogens with one attached hydrogen (secondary N) is 1. The Morgan fingerprint density at radius 2 is 1.57 bits per heavy atom. The smallest absolute Gasteiger partial charge is 0.142 e. The zero-order chi connectivity index (χ0) is 19.4. The van der Waals surface area contributed by atoms with Gasteiger partial charge in [0, 0.05) is 19.7 Å². The van der Waals surface area contributed by atoms with Crippen LogP contribution in [0.3, 0.4) is 0 Å². The van der Waals surface area contributed by atoms with E-state index in [0.717, 1.165) is 41.5 Å². The van der Waals surface area contributed by atoms with Gasteiger partial charge in [0.15, 0.2) is 0 Å². The summed E-state index contributed by atoms with van der Waals surface area (Å²) in [5.74, 6) is -0.124. The molecule has 0 spiro atoms. The van der Waals surface area contributed by atoms with Crippen LogP contribution in [-0.2, 0) is 0 Å². The lowest BCUT2D eigenvalue weighted by molar-refractivity contribution is 0.630. The molecule has 4 aromatic carbocycles. The summed E-state index contributed by atoms with van der Waals surface area (Å²) < 4.78 is 16.5. The lowest BCUT2D eigenvalue weighted by Crippen LogP contribution is -1.91. The van der Waals surface area contributed by atoms with E-state index >= 15 is 0 Å². The van der Waals surface area contributed by atoms with Crippen molar-refractivity contribution in [2.75, 3.05) is 0 Å². The fraction of sp³-hybridized carbons (Fsp3) is 0. The molecule has 1 aromatic heterocycles. The van der Waals surface area contributed by atoms with Gasteiger partial charge in [0.2, 0.25) is 0 Å². The molecular weight excluding hydrogens is 485 g/mol. The summed E-state index contributed by atoms with van der Waals surface area (Å²) in [5.41, 5.74) is 2.01. The maximum atomic E-state index is 14.6. The molecule has 0 saturated heterocycles. The molecule has 0 aliphatic rings. The fourth-order valence-electron chi connectivity index (χ4n) is 3.64. The van der Waals surface area contributed by atoms with Crippen LogP contribution in [0.1, 0.15) is 5.56 Å². The number of aromatic amines is 1. The lowest BCUT2D eigenvalue weighted by Gasteiger charge is -2.07. The monoisotopic (exact) mass is 493 g/mol. The van der Waals surface area contributed by atoms with E-state index < -0.39 is 5.82 Å². The number of benzene rings is 4. The molecule has 0 aliphatic carbocycles. The van der Waals surface area contributed by atoms with Crippen molar-refractivity contribution in [1.82, 2.24) is 9.97 Å². The highest BCUT2D eigenvalue weighted by Gasteiger charge is 2.18. The first-order valence-electron chi connectivity index (χ1n) is 8.46. The average Bonchev–Trinajstić information content (AvgIpc) is 3.12. The van der Waals surface area contributed by atoms with Gasteiger partial charge >= 0.3 is 0 Å². The fourth-order valence-corrected chi connectivity index (χ4v) is 4.36. The van der Waals surface area contributed by atoms with E-state index in [0.29, 0.717) is 5.82 Å². The summed E-state index contributed by atoms with van der Waals surface area (Å²) in [5, 5.41) is 13.5. The van der Waals surface area contributed by atoms with Crippen molar-refractivity contribution in [3.63, 3.8) is 0 Å². The Balaban J connectivity index is 1.98. The molecule has 3 nitrogen and oxygen atoms in total. The minimum Gasteiger partial charge on any atom is -0.337 e. The summed E-state index contributed by atoms with van der Waals surface area (Å²) >= 11 is 7.09. The van der Waals surface area contributed by atoms with Gasteiger partial charge in [0.05, 0.1) is 28.2 Å². The third-order valence-corrected chi connectivity index (χ3v) is 5.84. The predicted molar refractivity (Wildman–Crippen MR) is 117 cm³/mol. The molecule has 0 aliphatic heterocycles. The van der Waals surface area contributed by atoms with Crippen molar-refractivity contribution in [2.24, 2.45) is 0 Å². The Kier molecular flexibility index (Phi) is 3.97. The second kappa shape index (κ2) is 6.40. The highest BCUT2D eigenvalue weighted by atomic mass is 79.9. The summed E-state index contributed by atoms with van der Waals surface area (Å²) in [4.78, 5) is 7.98. The van der Waals surface area contributed by atoms with Crippen molar-refractivity contribution < 1.29 is 4.39 Å². The lowest BCUT2D eigenvalue weighted by atomic mass is 10.0. The van der Waals surface area contributed by atoms with Gasteiger partial charge in [-0.25, -0.2) is 9.37 Å². The van der Waals surface area contributed by atoms with Crippen LogP contribution < -0.4 is 0 Å². The predicted octanol–water partition coefficient (Wildman–Crippen LogP) is 7.07. The molecule has 134 valence electrons. The Morgan fingerprint density at radius 1 is 0.893 bits per heavy atom. The number of rotatable bonds is 1. The molecule has 0 fully saturated rings. The van der Waals surface area contributed by atoms with Gasteiger partial charge in [0.1, 0.15) is 11.6 Å². The van der Waals surface area contributed by atoms with Gasteiger partial charge < -0.3 is 4.98 Å². The first-order valence-corrected chi connectivity index (χ1v) is 10.0. The molecule has 1 N–H and O–H groups in total. The van der Waals surface area contributed by atoms with E-state index in [2.05, 4.69) is 55.0 Å². The molecule has 5 rings (SSSR count). The normalized spacial score (nSPS) is 11.4. The van der Waals surface area contributed by atoms with Gasteiger partial charge in [-0.3, -0.25) is 0 Å². The molecule has 0 unspecified atom stereocenters. The van der Waals surface area contributed by atoms with Crippen LogP contribution >= 0.6 is 31.9 Å². The average molecular weight is 495 g/mol. The molecule has 5 aromatic rings. The van der Waals surface area contributed by atoms with E-state index in [1.54, 1.807) is 6.07 Å². The largest absolute Gasteiger partial charge is 0.337 e. The summed E-state index contributed by atoms with van der Waals surface area (Å²) in [6.45, 7) is 0. The van der Waals surface area contributed by atoms with Crippen molar-refractivity contribution in [3.8, 4) is 17.5 Å². The van der Waals surface area contributed by atoms with Gasteiger partial charge in [0.25, 0.3) is 0 Å². The zero-order valence-electron chi connectivity index (χ0n) is 14.2. The van der Waals surface area contributed by atoms with E-state index in [4.69, 9.17) is 4.98 Å². The number of hydrogen-bond acceptors (Lipinski definition) is 2. The second-order valence-electron chi connectivity index (χ2n) is 6.46. The maximum Gasteiger partial charge on any atom is 0.142 e. The Morgan fingerprint density at radius 3 is 2.29 bits per heavy atom. The number of aromatic nitrogens is 2. The third-order valence-electron chi connectivity index (χ3n) is 4.85. The van der Waals surface area contributed by atoms with Crippen LogP contribution in [0.15, 0.2) is 63.5 Å². The Labute approximate surface area is 176 Å². The minimum absolute atomic E-state index is 0.191. The van der Waals surface area contributed by atoms with Crippen LogP contribution in [0.4, 0.5) is 4.39 Å². The number of imidazole rings is 1. The van der Waals surface area contributed by atoms with E-state index in [1.807, 2.05) is 24.3 Å². The minimum atomic E-state index is -0.475. The topological polar surface area (TPSA) is 52.5 Å². The summed E-state index contributed by atoms with van der Waals surface area (Å²) in [7, 11) is 0. The number of hydrogen-bond donors (Lipinski definition) is 1. The third kappa shape index (κ3) is 2.55. The van der Waals surface area contributed by atoms with Crippen LogP contribution in [0, 0.1) is 17.1 Å². The molecule has 0 radical (unpaired) electrons. The van der Waals surface area contributed by atoms with Crippen LogP contribution in [0.25, 0.3) is 44.0 Å². The SMILES string of the molecule is N#Cc1cccc(F)c1-c1nc2c3ccc(Br)cc3c3cc(Br)ccc3c2[nH]1. The Hall–Kier alpha value is -2.75. The van der Waals surface area contributed by atoms with E-state index in [-0.39, 0.29) is 11.1 Å². The molecule has 0 atom stereocenters. The second-order valence-corrected chi connectivity index (χ2v) is 8.29. The molecule has 0 amide bonds. The number of fused-ring (bicyclic) bond motifs is 6. The molecule has 28 heavy (non-hydrogen) atoms. The van der Waals surface area contributed by atoms with Gasteiger partial charge in [-0.2, -0.15) is 5.26 Å². The number of H-pyrrole nitrogens is 1. The highest BCUT2D eigenvalue weighted by Crippen LogP contribution is 2.38.